The Balaban J connectivity index is 1.72. The number of rotatable bonds is 6. The van der Waals surface area contributed by atoms with Crippen LogP contribution in [0.5, 0.6) is 5.75 Å². The Labute approximate surface area is 166 Å². The molecular formula is C23H28N2O3. The zero-order valence-corrected chi connectivity index (χ0v) is 16.6. The van der Waals surface area contributed by atoms with Crippen molar-refractivity contribution in [1.29, 1.82) is 0 Å². The van der Waals surface area contributed by atoms with Gasteiger partial charge in [0.25, 0.3) is 11.8 Å². The first-order valence-corrected chi connectivity index (χ1v) is 10.0. The van der Waals surface area contributed by atoms with Gasteiger partial charge in [-0.1, -0.05) is 36.8 Å². The lowest BCUT2D eigenvalue weighted by atomic mass is 10.1. The first kappa shape index (κ1) is 19.9. The second-order valence-electron chi connectivity index (χ2n) is 7.22. The van der Waals surface area contributed by atoms with E-state index in [9.17, 15) is 9.59 Å². The SMILES string of the molecule is CCC(Oc1ccc(C)cc1)C(=O)Nc1ccccc1C(=O)N1CCCCC1. The van der Waals surface area contributed by atoms with Crippen molar-refractivity contribution in [3.8, 4) is 5.75 Å². The molecule has 148 valence electrons. The van der Waals surface area contributed by atoms with Crippen LogP contribution in [0.2, 0.25) is 0 Å². The van der Waals surface area contributed by atoms with Crippen molar-refractivity contribution in [3.63, 3.8) is 0 Å². The van der Waals surface area contributed by atoms with E-state index in [0.717, 1.165) is 37.9 Å². The molecule has 1 fully saturated rings. The molecule has 0 radical (unpaired) electrons. The second kappa shape index (κ2) is 9.40. The van der Waals surface area contributed by atoms with Crippen LogP contribution < -0.4 is 10.1 Å². The van der Waals surface area contributed by atoms with Crippen molar-refractivity contribution < 1.29 is 14.3 Å². The Morgan fingerprint density at radius 3 is 2.39 bits per heavy atom. The molecule has 0 aliphatic carbocycles. The molecule has 0 aromatic heterocycles. The summed E-state index contributed by atoms with van der Waals surface area (Å²) in [5, 5.41) is 2.90. The number of aryl methyl sites for hydroxylation is 1. The van der Waals surface area contributed by atoms with Gasteiger partial charge in [-0.25, -0.2) is 0 Å². The minimum Gasteiger partial charge on any atom is -0.481 e. The monoisotopic (exact) mass is 380 g/mol. The van der Waals surface area contributed by atoms with Gasteiger partial charge in [-0.15, -0.1) is 0 Å². The number of nitrogens with zero attached hydrogens (tertiary/aromatic N) is 1. The summed E-state index contributed by atoms with van der Waals surface area (Å²) < 4.78 is 5.86. The summed E-state index contributed by atoms with van der Waals surface area (Å²) in [6.07, 6.45) is 3.13. The number of amides is 2. The van der Waals surface area contributed by atoms with E-state index in [1.165, 1.54) is 0 Å². The highest BCUT2D eigenvalue weighted by Crippen LogP contribution is 2.21. The van der Waals surface area contributed by atoms with Crippen LogP contribution in [0.25, 0.3) is 0 Å². The van der Waals surface area contributed by atoms with Gasteiger partial charge in [0, 0.05) is 13.1 Å². The lowest BCUT2D eigenvalue weighted by Gasteiger charge is -2.27. The fraction of sp³-hybridized carbons (Fsp3) is 0.391. The Morgan fingerprint density at radius 2 is 1.71 bits per heavy atom. The number of nitrogens with one attached hydrogen (secondary N) is 1. The number of anilines is 1. The molecule has 3 rings (SSSR count). The van der Waals surface area contributed by atoms with Crippen molar-refractivity contribution in [1.82, 2.24) is 4.90 Å². The summed E-state index contributed by atoms with van der Waals surface area (Å²) in [7, 11) is 0. The molecule has 1 heterocycles. The van der Waals surface area contributed by atoms with E-state index in [4.69, 9.17) is 4.74 Å². The summed E-state index contributed by atoms with van der Waals surface area (Å²) in [4.78, 5) is 27.6. The number of piperidine rings is 1. The highest BCUT2D eigenvalue weighted by molar-refractivity contribution is 6.04. The largest absolute Gasteiger partial charge is 0.481 e. The number of hydrogen-bond acceptors (Lipinski definition) is 3. The van der Waals surface area contributed by atoms with Crippen molar-refractivity contribution in [2.45, 2.75) is 45.6 Å². The summed E-state index contributed by atoms with van der Waals surface area (Å²) in [5.41, 5.74) is 2.20. The Morgan fingerprint density at radius 1 is 1.04 bits per heavy atom. The van der Waals surface area contributed by atoms with Gasteiger partial charge in [0.15, 0.2) is 6.10 Å². The molecular weight excluding hydrogens is 352 g/mol. The van der Waals surface area contributed by atoms with E-state index in [-0.39, 0.29) is 11.8 Å². The third-order valence-corrected chi connectivity index (χ3v) is 5.02. The van der Waals surface area contributed by atoms with E-state index in [1.807, 2.05) is 55.1 Å². The fourth-order valence-corrected chi connectivity index (χ4v) is 3.36. The molecule has 1 atom stereocenters. The summed E-state index contributed by atoms with van der Waals surface area (Å²) in [6, 6.07) is 14.8. The van der Waals surface area contributed by atoms with E-state index in [0.29, 0.717) is 23.4 Å². The van der Waals surface area contributed by atoms with Gasteiger partial charge in [-0.05, 0) is 56.9 Å². The van der Waals surface area contributed by atoms with Crippen LogP contribution >= 0.6 is 0 Å². The minimum absolute atomic E-state index is 0.0249. The van der Waals surface area contributed by atoms with E-state index < -0.39 is 6.10 Å². The average molecular weight is 380 g/mol. The number of para-hydroxylation sites is 1. The van der Waals surface area contributed by atoms with Gasteiger partial charge in [0.2, 0.25) is 0 Å². The van der Waals surface area contributed by atoms with Gasteiger partial charge in [0.1, 0.15) is 5.75 Å². The van der Waals surface area contributed by atoms with Crippen LogP contribution in [0.1, 0.15) is 48.5 Å². The molecule has 2 aromatic rings. The van der Waals surface area contributed by atoms with Crippen molar-refractivity contribution in [2.75, 3.05) is 18.4 Å². The molecule has 0 spiro atoms. The Hall–Kier alpha value is -2.82. The lowest BCUT2D eigenvalue weighted by molar-refractivity contribution is -0.122. The van der Waals surface area contributed by atoms with E-state index in [2.05, 4.69) is 5.32 Å². The number of ether oxygens (including phenoxy) is 1. The molecule has 28 heavy (non-hydrogen) atoms. The van der Waals surface area contributed by atoms with Crippen molar-refractivity contribution in [2.24, 2.45) is 0 Å². The highest BCUT2D eigenvalue weighted by atomic mass is 16.5. The molecule has 0 bridgehead atoms. The molecule has 1 aliphatic rings. The molecule has 5 heteroatoms. The molecule has 1 unspecified atom stereocenters. The average Bonchev–Trinajstić information content (AvgIpc) is 2.73. The van der Waals surface area contributed by atoms with Gasteiger partial charge >= 0.3 is 0 Å². The zero-order valence-electron chi connectivity index (χ0n) is 16.6. The summed E-state index contributed by atoms with van der Waals surface area (Å²) in [6.45, 7) is 5.46. The van der Waals surface area contributed by atoms with Gasteiger partial charge < -0.3 is 15.0 Å². The molecule has 1 saturated heterocycles. The van der Waals surface area contributed by atoms with Crippen LogP contribution in [0, 0.1) is 6.92 Å². The topological polar surface area (TPSA) is 58.6 Å². The predicted octanol–water partition coefficient (Wildman–Crippen LogP) is 4.42. The van der Waals surface area contributed by atoms with Gasteiger partial charge in [-0.2, -0.15) is 0 Å². The maximum atomic E-state index is 12.9. The maximum Gasteiger partial charge on any atom is 0.265 e. The zero-order chi connectivity index (χ0) is 19.9. The predicted molar refractivity (Wildman–Crippen MR) is 111 cm³/mol. The molecule has 1 N–H and O–H groups in total. The van der Waals surface area contributed by atoms with Gasteiger partial charge in [0.05, 0.1) is 11.3 Å². The number of carbonyl (C=O) groups is 2. The van der Waals surface area contributed by atoms with Crippen LogP contribution in [-0.2, 0) is 4.79 Å². The molecule has 1 aliphatic heterocycles. The van der Waals surface area contributed by atoms with Crippen LogP contribution in [0.15, 0.2) is 48.5 Å². The van der Waals surface area contributed by atoms with Crippen molar-refractivity contribution >= 4 is 17.5 Å². The number of carbonyl (C=O) groups excluding carboxylic acids is 2. The number of hydrogen-bond donors (Lipinski definition) is 1. The lowest BCUT2D eigenvalue weighted by Crippen LogP contribution is -2.37. The third-order valence-electron chi connectivity index (χ3n) is 5.02. The molecule has 5 nitrogen and oxygen atoms in total. The van der Waals surface area contributed by atoms with Crippen LogP contribution in [0.4, 0.5) is 5.69 Å². The smallest absolute Gasteiger partial charge is 0.265 e. The first-order valence-electron chi connectivity index (χ1n) is 10.0. The van der Waals surface area contributed by atoms with E-state index >= 15 is 0 Å². The molecule has 0 saturated carbocycles. The Kier molecular flexibility index (Phi) is 6.69. The minimum atomic E-state index is -0.624. The normalized spacial score (nSPS) is 15.0. The van der Waals surface area contributed by atoms with Crippen LogP contribution in [-0.4, -0.2) is 35.9 Å². The molecule has 2 amide bonds. The third kappa shape index (κ3) is 4.91. The van der Waals surface area contributed by atoms with Crippen molar-refractivity contribution in [3.05, 3.63) is 59.7 Å². The Bertz CT molecular complexity index is 811. The number of benzene rings is 2. The molecule has 2 aromatic carbocycles. The first-order chi connectivity index (χ1) is 13.6. The standard InChI is InChI=1S/C23H28N2O3/c1-3-21(28-18-13-11-17(2)12-14-18)22(26)24-20-10-6-5-9-19(20)23(27)25-15-7-4-8-16-25/h5-6,9-14,21H,3-4,7-8,15-16H2,1-2H3,(H,24,26). The fourth-order valence-electron chi connectivity index (χ4n) is 3.36. The maximum absolute atomic E-state index is 12.9. The highest BCUT2D eigenvalue weighted by Gasteiger charge is 2.24. The summed E-state index contributed by atoms with van der Waals surface area (Å²) >= 11 is 0. The van der Waals surface area contributed by atoms with Gasteiger partial charge in [-0.3, -0.25) is 9.59 Å². The van der Waals surface area contributed by atoms with Crippen LogP contribution in [0.3, 0.4) is 0 Å². The summed E-state index contributed by atoms with van der Waals surface area (Å²) in [5.74, 6) is 0.385. The van der Waals surface area contributed by atoms with E-state index in [1.54, 1.807) is 12.1 Å². The quantitative estimate of drug-likeness (QED) is 0.807. The second-order valence-corrected chi connectivity index (χ2v) is 7.22. The number of likely N-dealkylation sites (tertiary alicyclic amines) is 1.